The lowest BCUT2D eigenvalue weighted by atomic mass is 10.0. The van der Waals surface area contributed by atoms with Gasteiger partial charge in [-0.25, -0.2) is 0 Å². The molecule has 1 N–H and O–H groups in total. The van der Waals surface area contributed by atoms with Crippen molar-refractivity contribution in [3.05, 3.63) is 77.9 Å². The molecule has 0 saturated heterocycles. The van der Waals surface area contributed by atoms with Gasteiger partial charge < -0.3 is 10.1 Å². The predicted octanol–water partition coefficient (Wildman–Crippen LogP) is 4.27. The van der Waals surface area contributed by atoms with Crippen LogP contribution in [0.4, 0.5) is 0 Å². The molecule has 0 aromatic heterocycles. The van der Waals surface area contributed by atoms with Gasteiger partial charge in [0.25, 0.3) is 5.91 Å². The predicted molar refractivity (Wildman–Crippen MR) is 102 cm³/mol. The average molecular weight is 333 g/mol. The third-order valence-corrected chi connectivity index (χ3v) is 4.28. The Morgan fingerprint density at radius 1 is 1.00 bits per heavy atom. The summed E-state index contributed by atoms with van der Waals surface area (Å²) in [6.45, 7) is 4.38. The van der Waals surface area contributed by atoms with Crippen molar-refractivity contribution in [2.45, 2.75) is 26.4 Å². The zero-order valence-corrected chi connectivity index (χ0v) is 14.7. The summed E-state index contributed by atoms with van der Waals surface area (Å²) in [5.74, 6) is 0.614. The molecule has 1 amide bonds. The van der Waals surface area contributed by atoms with E-state index in [-0.39, 0.29) is 5.91 Å². The number of hydrogen-bond donors (Lipinski definition) is 1. The normalized spacial score (nSPS) is 11.9. The fraction of sp³-hybridized carbons (Fsp3) is 0.227. The van der Waals surface area contributed by atoms with Gasteiger partial charge in [0.15, 0.2) is 6.10 Å². The molecule has 0 fully saturated rings. The van der Waals surface area contributed by atoms with Gasteiger partial charge in [0.1, 0.15) is 5.75 Å². The van der Waals surface area contributed by atoms with Crippen molar-refractivity contribution in [3.8, 4) is 5.75 Å². The molecule has 3 aromatic carbocycles. The molecule has 3 heteroatoms. The number of nitrogens with one attached hydrogen (secondary N) is 1. The minimum Gasteiger partial charge on any atom is -0.481 e. The van der Waals surface area contributed by atoms with E-state index in [1.165, 1.54) is 21.9 Å². The Labute approximate surface area is 148 Å². The van der Waals surface area contributed by atoms with E-state index in [4.69, 9.17) is 4.74 Å². The van der Waals surface area contributed by atoms with E-state index in [1.54, 1.807) is 6.92 Å². The Bertz CT molecular complexity index is 850. The Balaban J connectivity index is 1.54. The third kappa shape index (κ3) is 4.38. The second-order valence-corrected chi connectivity index (χ2v) is 6.25. The number of aryl methyl sites for hydroxylation is 1. The van der Waals surface area contributed by atoms with Crippen LogP contribution in [0.5, 0.6) is 5.75 Å². The fourth-order valence-electron chi connectivity index (χ4n) is 2.85. The van der Waals surface area contributed by atoms with Crippen LogP contribution in [0.3, 0.4) is 0 Å². The first-order valence-electron chi connectivity index (χ1n) is 8.61. The SMILES string of the molecule is Cc1ccc(OC(C)C(=O)NCCc2cccc3ccccc23)cc1. The molecular formula is C22H23NO2. The molecule has 1 unspecified atom stereocenters. The Morgan fingerprint density at radius 3 is 2.52 bits per heavy atom. The lowest BCUT2D eigenvalue weighted by Crippen LogP contribution is -2.37. The lowest BCUT2D eigenvalue weighted by molar-refractivity contribution is -0.127. The summed E-state index contributed by atoms with van der Waals surface area (Å²) in [6, 6.07) is 22.3. The number of benzene rings is 3. The molecule has 0 radical (unpaired) electrons. The van der Waals surface area contributed by atoms with E-state index in [0.29, 0.717) is 12.3 Å². The van der Waals surface area contributed by atoms with Gasteiger partial charge >= 0.3 is 0 Å². The highest BCUT2D eigenvalue weighted by atomic mass is 16.5. The van der Waals surface area contributed by atoms with Crippen LogP contribution < -0.4 is 10.1 Å². The minimum absolute atomic E-state index is 0.0965. The molecule has 25 heavy (non-hydrogen) atoms. The van der Waals surface area contributed by atoms with Gasteiger partial charge in [0, 0.05) is 6.54 Å². The van der Waals surface area contributed by atoms with Crippen LogP contribution in [0.25, 0.3) is 10.8 Å². The van der Waals surface area contributed by atoms with Crippen molar-refractivity contribution in [2.24, 2.45) is 0 Å². The molecule has 0 bridgehead atoms. The summed E-state index contributed by atoms with van der Waals surface area (Å²) in [5, 5.41) is 5.43. The second kappa shape index (κ2) is 7.84. The van der Waals surface area contributed by atoms with Crippen LogP contribution in [0.2, 0.25) is 0 Å². The number of carbonyl (C=O) groups excluding carboxylic acids is 1. The summed E-state index contributed by atoms with van der Waals surface area (Å²) in [7, 11) is 0. The van der Waals surface area contributed by atoms with Gasteiger partial charge in [-0.15, -0.1) is 0 Å². The zero-order valence-electron chi connectivity index (χ0n) is 14.7. The third-order valence-electron chi connectivity index (χ3n) is 4.28. The molecular weight excluding hydrogens is 310 g/mol. The molecule has 0 spiro atoms. The molecule has 128 valence electrons. The number of hydrogen-bond acceptors (Lipinski definition) is 2. The maximum Gasteiger partial charge on any atom is 0.260 e. The van der Waals surface area contributed by atoms with Crippen molar-refractivity contribution in [1.82, 2.24) is 5.32 Å². The van der Waals surface area contributed by atoms with E-state index in [0.717, 1.165) is 6.42 Å². The zero-order chi connectivity index (χ0) is 17.6. The Hall–Kier alpha value is -2.81. The largest absolute Gasteiger partial charge is 0.481 e. The van der Waals surface area contributed by atoms with Crippen molar-refractivity contribution in [3.63, 3.8) is 0 Å². The van der Waals surface area contributed by atoms with E-state index < -0.39 is 6.10 Å². The smallest absolute Gasteiger partial charge is 0.260 e. The number of carbonyl (C=O) groups is 1. The van der Waals surface area contributed by atoms with Crippen LogP contribution >= 0.6 is 0 Å². The highest BCUT2D eigenvalue weighted by Gasteiger charge is 2.14. The summed E-state index contributed by atoms with van der Waals surface area (Å²) >= 11 is 0. The second-order valence-electron chi connectivity index (χ2n) is 6.25. The molecule has 0 aliphatic carbocycles. The van der Waals surface area contributed by atoms with Crippen LogP contribution in [-0.4, -0.2) is 18.6 Å². The quantitative estimate of drug-likeness (QED) is 0.731. The van der Waals surface area contributed by atoms with Crippen LogP contribution in [0.1, 0.15) is 18.1 Å². The highest BCUT2D eigenvalue weighted by Crippen LogP contribution is 2.18. The van der Waals surface area contributed by atoms with Crippen molar-refractivity contribution in [2.75, 3.05) is 6.54 Å². The van der Waals surface area contributed by atoms with Gasteiger partial charge in [0.2, 0.25) is 0 Å². The van der Waals surface area contributed by atoms with Gasteiger partial charge in [0.05, 0.1) is 0 Å². The summed E-state index contributed by atoms with van der Waals surface area (Å²) in [6.07, 6.45) is 0.278. The Morgan fingerprint density at radius 2 is 1.72 bits per heavy atom. The van der Waals surface area contributed by atoms with Crippen LogP contribution in [0.15, 0.2) is 66.7 Å². The number of amides is 1. The molecule has 3 aromatic rings. The standard InChI is InChI=1S/C22H23NO2/c1-16-10-12-20(13-11-16)25-17(2)22(24)23-15-14-19-8-5-7-18-6-3-4-9-21(18)19/h3-13,17H,14-15H2,1-2H3,(H,23,24). The van der Waals surface area contributed by atoms with Crippen LogP contribution in [0, 0.1) is 6.92 Å². The van der Waals surface area contributed by atoms with Crippen LogP contribution in [-0.2, 0) is 11.2 Å². The first-order chi connectivity index (χ1) is 12.1. The van der Waals surface area contributed by atoms with Crippen molar-refractivity contribution < 1.29 is 9.53 Å². The fourth-order valence-corrected chi connectivity index (χ4v) is 2.85. The maximum absolute atomic E-state index is 12.2. The van der Waals surface area contributed by atoms with Gasteiger partial charge in [-0.3, -0.25) is 4.79 Å². The monoisotopic (exact) mass is 333 g/mol. The van der Waals surface area contributed by atoms with Gasteiger partial charge in [-0.2, -0.15) is 0 Å². The minimum atomic E-state index is -0.518. The van der Waals surface area contributed by atoms with Gasteiger partial charge in [-0.1, -0.05) is 60.2 Å². The molecule has 1 atom stereocenters. The lowest BCUT2D eigenvalue weighted by Gasteiger charge is -2.15. The summed E-state index contributed by atoms with van der Waals surface area (Å²) in [4.78, 5) is 12.2. The number of ether oxygens (including phenoxy) is 1. The molecule has 0 saturated carbocycles. The Kier molecular flexibility index (Phi) is 5.34. The van der Waals surface area contributed by atoms with E-state index in [9.17, 15) is 4.79 Å². The summed E-state index contributed by atoms with van der Waals surface area (Å²) in [5.41, 5.74) is 2.41. The molecule has 3 nitrogen and oxygen atoms in total. The number of fused-ring (bicyclic) bond motifs is 1. The maximum atomic E-state index is 12.2. The molecule has 0 aliphatic heterocycles. The first kappa shape index (κ1) is 17.0. The molecule has 0 heterocycles. The average Bonchev–Trinajstić information content (AvgIpc) is 2.63. The highest BCUT2D eigenvalue weighted by molar-refractivity contribution is 5.85. The first-order valence-corrected chi connectivity index (χ1v) is 8.61. The van der Waals surface area contributed by atoms with Crippen molar-refractivity contribution >= 4 is 16.7 Å². The van der Waals surface area contributed by atoms with E-state index >= 15 is 0 Å². The molecule has 3 rings (SSSR count). The van der Waals surface area contributed by atoms with E-state index in [1.807, 2.05) is 43.3 Å². The number of rotatable bonds is 6. The topological polar surface area (TPSA) is 38.3 Å². The van der Waals surface area contributed by atoms with Gasteiger partial charge in [-0.05, 0) is 48.7 Å². The molecule has 0 aliphatic rings. The van der Waals surface area contributed by atoms with Crippen molar-refractivity contribution in [1.29, 1.82) is 0 Å². The summed E-state index contributed by atoms with van der Waals surface area (Å²) < 4.78 is 5.69. The van der Waals surface area contributed by atoms with E-state index in [2.05, 4.69) is 35.6 Å².